The minimum absolute atomic E-state index is 0.0382. The van der Waals surface area contributed by atoms with Gasteiger partial charge < -0.3 is 5.11 Å². The van der Waals surface area contributed by atoms with E-state index in [0.717, 1.165) is 6.42 Å². The van der Waals surface area contributed by atoms with E-state index < -0.39 is 5.60 Å². The number of Topliss-reactive ketones (excluding diaryl/α,β-unsaturated/α-hetero) is 1. The van der Waals surface area contributed by atoms with Crippen LogP contribution >= 0.6 is 0 Å². The summed E-state index contributed by atoms with van der Waals surface area (Å²) in [5.41, 5.74) is -1.02. The lowest BCUT2D eigenvalue weighted by Crippen LogP contribution is -2.47. The molecule has 0 aliphatic heterocycles. The van der Waals surface area contributed by atoms with Gasteiger partial charge in [0.05, 0.1) is 0 Å². The highest BCUT2D eigenvalue weighted by Gasteiger charge is 2.42. The lowest BCUT2D eigenvalue weighted by molar-refractivity contribution is -0.148. The van der Waals surface area contributed by atoms with Gasteiger partial charge in [-0.2, -0.15) is 0 Å². The largest absolute Gasteiger partial charge is 0.382 e. The second-order valence-electron chi connectivity index (χ2n) is 4.35. The molecule has 2 nitrogen and oxygen atoms in total. The van der Waals surface area contributed by atoms with E-state index in [1.807, 2.05) is 13.8 Å². The molecule has 0 aromatic carbocycles. The van der Waals surface area contributed by atoms with E-state index in [4.69, 9.17) is 0 Å². The monoisotopic (exact) mass is 170 g/mol. The number of hydrogen-bond acceptors (Lipinski definition) is 2. The zero-order chi connectivity index (χ0) is 9.35. The average Bonchev–Trinajstić information content (AvgIpc) is 1.97. The predicted molar refractivity (Wildman–Crippen MR) is 47.8 cm³/mol. The molecule has 0 heterocycles. The summed E-state index contributed by atoms with van der Waals surface area (Å²) >= 11 is 0. The van der Waals surface area contributed by atoms with Gasteiger partial charge >= 0.3 is 0 Å². The van der Waals surface area contributed by atoms with Crippen molar-refractivity contribution < 1.29 is 9.90 Å². The molecule has 0 radical (unpaired) electrons. The maximum Gasteiger partial charge on any atom is 0.164 e. The zero-order valence-corrected chi connectivity index (χ0v) is 8.13. The van der Waals surface area contributed by atoms with Crippen LogP contribution in [0.2, 0.25) is 0 Å². The molecule has 1 rings (SSSR count). The van der Waals surface area contributed by atoms with Crippen molar-refractivity contribution in [2.24, 2.45) is 11.8 Å². The average molecular weight is 170 g/mol. The van der Waals surface area contributed by atoms with E-state index >= 15 is 0 Å². The molecule has 70 valence electrons. The van der Waals surface area contributed by atoms with Crippen LogP contribution in [0, 0.1) is 11.8 Å². The molecule has 1 saturated carbocycles. The Labute approximate surface area is 74.0 Å². The molecule has 0 aromatic rings. The molecule has 2 unspecified atom stereocenters. The minimum atomic E-state index is -1.02. The number of carbonyl (C=O) groups excluding carboxylic acids is 1. The third kappa shape index (κ3) is 1.53. The molecule has 0 aromatic heterocycles. The van der Waals surface area contributed by atoms with Gasteiger partial charge in [-0.05, 0) is 24.7 Å². The van der Waals surface area contributed by atoms with Crippen LogP contribution in [-0.2, 0) is 4.79 Å². The molecule has 1 N–H and O–H groups in total. The molecule has 12 heavy (non-hydrogen) atoms. The van der Waals surface area contributed by atoms with Crippen molar-refractivity contribution in [2.75, 3.05) is 0 Å². The van der Waals surface area contributed by atoms with E-state index in [1.165, 1.54) is 0 Å². The molecule has 0 spiro atoms. The van der Waals surface area contributed by atoms with Crippen LogP contribution in [0.1, 0.15) is 40.0 Å². The molecular weight excluding hydrogens is 152 g/mol. The Kier molecular flexibility index (Phi) is 2.57. The summed E-state index contributed by atoms with van der Waals surface area (Å²) < 4.78 is 0. The van der Waals surface area contributed by atoms with Gasteiger partial charge in [-0.15, -0.1) is 0 Å². The van der Waals surface area contributed by atoms with Crippen molar-refractivity contribution in [1.82, 2.24) is 0 Å². The van der Waals surface area contributed by atoms with Gasteiger partial charge in [0.1, 0.15) is 5.60 Å². The number of rotatable bonds is 1. The van der Waals surface area contributed by atoms with Crippen molar-refractivity contribution in [3.63, 3.8) is 0 Å². The number of ketones is 1. The maximum absolute atomic E-state index is 11.5. The highest BCUT2D eigenvalue weighted by Crippen LogP contribution is 2.33. The smallest absolute Gasteiger partial charge is 0.164 e. The summed E-state index contributed by atoms with van der Waals surface area (Å²) in [5.74, 6) is 0.547. The lowest BCUT2D eigenvalue weighted by Gasteiger charge is -2.36. The second kappa shape index (κ2) is 3.17. The van der Waals surface area contributed by atoms with E-state index in [2.05, 4.69) is 6.92 Å². The first-order valence-electron chi connectivity index (χ1n) is 4.72. The van der Waals surface area contributed by atoms with E-state index in [1.54, 1.807) is 0 Å². The molecule has 0 amide bonds. The first-order valence-corrected chi connectivity index (χ1v) is 4.72. The van der Waals surface area contributed by atoms with Crippen molar-refractivity contribution >= 4 is 5.78 Å². The Balaban J connectivity index is 2.73. The van der Waals surface area contributed by atoms with Crippen molar-refractivity contribution in [3.8, 4) is 0 Å². The number of hydrogen-bond donors (Lipinski definition) is 1. The lowest BCUT2D eigenvalue weighted by atomic mass is 9.73. The van der Waals surface area contributed by atoms with Crippen LogP contribution < -0.4 is 0 Å². The van der Waals surface area contributed by atoms with Crippen molar-refractivity contribution in [2.45, 2.75) is 45.6 Å². The van der Waals surface area contributed by atoms with Crippen LogP contribution in [-0.4, -0.2) is 16.5 Å². The van der Waals surface area contributed by atoms with Crippen molar-refractivity contribution in [3.05, 3.63) is 0 Å². The molecule has 1 aliphatic rings. The molecule has 0 bridgehead atoms. The third-order valence-electron chi connectivity index (χ3n) is 2.99. The summed E-state index contributed by atoms with van der Waals surface area (Å²) in [7, 11) is 0. The maximum atomic E-state index is 11.5. The molecule has 1 fully saturated rings. The minimum Gasteiger partial charge on any atom is -0.382 e. The highest BCUT2D eigenvalue weighted by atomic mass is 16.3. The number of aliphatic hydroxyl groups is 1. The third-order valence-corrected chi connectivity index (χ3v) is 2.99. The molecule has 2 heteroatoms. The van der Waals surface area contributed by atoms with Crippen LogP contribution in [0.5, 0.6) is 0 Å². The first kappa shape index (κ1) is 9.72. The van der Waals surface area contributed by atoms with Gasteiger partial charge in [-0.3, -0.25) is 4.79 Å². The van der Waals surface area contributed by atoms with Gasteiger partial charge in [-0.25, -0.2) is 0 Å². The second-order valence-corrected chi connectivity index (χ2v) is 4.35. The Morgan fingerprint density at radius 2 is 2.17 bits per heavy atom. The first-order chi connectivity index (χ1) is 5.47. The zero-order valence-electron chi connectivity index (χ0n) is 8.13. The quantitative estimate of drug-likeness (QED) is 0.651. The van der Waals surface area contributed by atoms with E-state index in [0.29, 0.717) is 18.8 Å². The molecule has 0 saturated heterocycles. The topological polar surface area (TPSA) is 37.3 Å². The fourth-order valence-electron chi connectivity index (χ4n) is 1.81. The summed E-state index contributed by atoms with van der Waals surface area (Å²) in [6, 6.07) is 0. The van der Waals surface area contributed by atoms with Crippen molar-refractivity contribution in [1.29, 1.82) is 0 Å². The SMILES string of the molecule is CC1CCC(O)(C(C)C)C(=O)C1. The fourth-order valence-corrected chi connectivity index (χ4v) is 1.81. The van der Waals surface area contributed by atoms with Crippen LogP contribution in [0.15, 0.2) is 0 Å². The fraction of sp³-hybridized carbons (Fsp3) is 0.900. The summed E-state index contributed by atoms with van der Waals surface area (Å²) in [4.78, 5) is 11.5. The molecule has 2 atom stereocenters. The van der Waals surface area contributed by atoms with Gasteiger partial charge in [-0.1, -0.05) is 20.8 Å². The summed E-state index contributed by atoms with van der Waals surface area (Å²) in [5, 5.41) is 9.99. The highest BCUT2D eigenvalue weighted by molar-refractivity contribution is 5.88. The molecule has 1 aliphatic carbocycles. The van der Waals surface area contributed by atoms with Gasteiger partial charge in [0, 0.05) is 6.42 Å². The Hall–Kier alpha value is -0.370. The number of carbonyl (C=O) groups is 1. The van der Waals surface area contributed by atoms with Gasteiger partial charge in [0.25, 0.3) is 0 Å². The summed E-state index contributed by atoms with van der Waals surface area (Å²) in [6.45, 7) is 5.89. The van der Waals surface area contributed by atoms with Crippen LogP contribution in [0.4, 0.5) is 0 Å². The van der Waals surface area contributed by atoms with E-state index in [-0.39, 0.29) is 11.7 Å². The molecular formula is C10H18O2. The summed E-state index contributed by atoms with van der Waals surface area (Å²) in [6.07, 6.45) is 2.17. The normalized spacial score (nSPS) is 37.4. The predicted octanol–water partition coefficient (Wildman–Crippen LogP) is 1.76. The Morgan fingerprint density at radius 1 is 1.58 bits per heavy atom. The van der Waals surface area contributed by atoms with Gasteiger partial charge in [0.15, 0.2) is 5.78 Å². The van der Waals surface area contributed by atoms with Gasteiger partial charge in [0.2, 0.25) is 0 Å². The Bertz CT molecular complexity index is 186. The van der Waals surface area contributed by atoms with Crippen LogP contribution in [0.3, 0.4) is 0 Å². The Morgan fingerprint density at radius 3 is 2.58 bits per heavy atom. The van der Waals surface area contributed by atoms with Crippen LogP contribution in [0.25, 0.3) is 0 Å². The standard InChI is InChI=1S/C10H18O2/c1-7(2)10(12)5-4-8(3)6-9(10)11/h7-8,12H,4-6H2,1-3H3. The van der Waals surface area contributed by atoms with E-state index in [9.17, 15) is 9.90 Å².